The summed E-state index contributed by atoms with van der Waals surface area (Å²) < 4.78 is 0. The molecule has 148 valence electrons. The highest BCUT2D eigenvalue weighted by molar-refractivity contribution is 5.66. The predicted octanol–water partition coefficient (Wildman–Crippen LogP) is 6.15. The van der Waals surface area contributed by atoms with Gasteiger partial charge < -0.3 is 5.11 Å². The summed E-state index contributed by atoms with van der Waals surface area (Å²) >= 11 is 0. The summed E-state index contributed by atoms with van der Waals surface area (Å²) in [5, 5.41) is 19.5. The number of carboxylic acid groups (broad SMARTS) is 1. The summed E-state index contributed by atoms with van der Waals surface area (Å²) in [4.78, 5) is 21.0. The molecule has 0 saturated carbocycles. The molecule has 5 nitrogen and oxygen atoms in total. The van der Waals surface area contributed by atoms with E-state index in [0.29, 0.717) is 19.3 Å². The van der Waals surface area contributed by atoms with Crippen molar-refractivity contribution in [2.24, 2.45) is 0 Å². The van der Waals surface area contributed by atoms with E-state index in [1.165, 1.54) is 0 Å². The lowest BCUT2D eigenvalue weighted by Gasteiger charge is -1.93. The molecule has 0 aliphatic rings. The van der Waals surface area contributed by atoms with Gasteiger partial charge in [0.1, 0.15) is 0 Å². The van der Waals surface area contributed by atoms with Crippen LogP contribution >= 0.6 is 0 Å². The first-order valence-corrected chi connectivity index (χ1v) is 9.38. The molecule has 0 aliphatic carbocycles. The Morgan fingerprint density at radius 3 is 1.89 bits per heavy atom. The highest BCUT2D eigenvalue weighted by Crippen LogP contribution is 2.06. The highest BCUT2D eigenvalue weighted by atomic mass is 16.6. The van der Waals surface area contributed by atoms with Crippen molar-refractivity contribution in [2.75, 3.05) is 0 Å². The van der Waals surface area contributed by atoms with Gasteiger partial charge in [-0.05, 0) is 44.6 Å². The second-order valence-electron chi connectivity index (χ2n) is 5.80. The fraction of sp³-hybridized carbons (Fsp3) is 0.409. The Labute approximate surface area is 162 Å². The summed E-state index contributed by atoms with van der Waals surface area (Å²) in [7, 11) is 0. The molecular weight excluding hydrogens is 342 g/mol. The van der Waals surface area contributed by atoms with Crippen molar-refractivity contribution in [1.29, 1.82) is 0 Å². The van der Waals surface area contributed by atoms with Gasteiger partial charge in [-0.25, -0.2) is 0 Å². The van der Waals surface area contributed by atoms with Crippen molar-refractivity contribution in [2.45, 2.75) is 58.3 Å². The van der Waals surface area contributed by atoms with Crippen LogP contribution < -0.4 is 0 Å². The van der Waals surface area contributed by atoms with E-state index in [0.717, 1.165) is 25.7 Å². The number of hydrogen-bond donors (Lipinski definition) is 1. The number of nitrogens with zero attached hydrogens (tertiary/aromatic N) is 1. The molecule has 0 spiro atoms. The van der Waals surface area contributed by atoms with Crippen LogP contribution in [-0.2, 0) is 4.79 Å². The molecule has 0 aromatic rings. The molecule has 0 amide bonds. The van der Waals surface area contributed by atoms with Gasteiger partial charge in [-0.15, -0.1) is 0 Å². The van der Waals surface area contributed by atoms with Crippen LogP contribution in [0.2, 0.25) is 0 Å². The van der Waals surface area contributed by atoms with Gasteiger partial charge in [-0.3, -0.25) is 14.9 Å². The van der Waals surface area contributed by atoms with Crippen LogP contribution in [0.3, 0.4) is 0 Å². The van der Waals surface area contributed by atoms with Crippen molar-refractivity contribution in [3.8, 4) is 0 Å². The fourth-order valence-corrected chi connectivity index (χ4v) is 2.04. The molecular formula is C22H31NO4. The third-order valence-corrected chi connectivity index (χ3v) is 3.46. The number of carboxylic acids is 1. The molecule has 0 bridgehead atoms. The topological polar surface area (TPSA) is 80.4 Å². The van der Waals surface area contributed by atoms with E-state index < -0.39 is 5.97 Å². The number of aliphatic carboxylic acids is 1. The lowest BCUT2D eigenvalue weighted by Crippen LogP contribution is -1.97. The number of nitro groups is 1. The van der Waals surface area contributed by atoms with Crippen LogP contribution in [0.4, 0.5) is 0 Å². The number of carbonyl (C=O) groups is 1. The standard InChI is InChI=1S/C22H31NO4/c1-2-3-4-15-18-21(23(26)27)19-16-13-11-9-7-5-6-8-10-12-14-17-20-22(24)25/h3-4,6-9,12-14,16,18H,2,5,10-11,15,17,19-20H2,1H3,(H,24,25). The van der Waals surface area contributed by atoms with Gasteiger partial charge in [0, 0.05) is 6.42 Å². The lowest BCUT2D eigenvalue weighted by molar-refractivity contribution is -0.427. The first-order valence-electron chi connectivity index (χ1n) is 9.38. The summed E-state index contributed by atoms with van der Waals surface area (Å²) in [6, 6.07) is 0. The van der Waals surface area contributed by atoms with Crippen LogP contribution in [-0.4, -0.2) is 16.0 Å². The third-order valence-electron chi connectivity index (χ3n) is 3.46. The Bertz CT molecular complexity index is 595. The van der Waals surface area contributed by atoms with Gasteiger partial charge in [0.2, 0.25) is 5.70 Å². The molecule has 0 radical (unpaired) electrons. The van der Waals surface area contributed by atoms with Crippen LogP contribution in [0, 0.1) is 10.1 Å². The molecule has 0 fully saturated rings. The fourth-order valence-electron chi connectivity index (χ4n) is 2.04. The maximum atomic E-state index is 11.0. The molecule has 0 aromatic carbocycles. The van der Waals surface area contributed by atoms with E-state index in [-0.39, 0.29) is 17.0 Å². The minimum absolute atomic E-state index is 0.172. The third kappa shape index (κ3) is 17.9. The van der Waals surface area contributed by atoms with Gasteiger partial charge in [-0.1, -0.05) is 67.7 Å². The Kier molecular flexibility index (Phi) is 16.3. The van der Waals surface area contributed by atoms with Gasteiger partial charge in [0.05, 0.1) is 11.3 Å². The normalized spacial score (nSPS) is 13.1. The summed E-state index contributed by atoms with van der Waals surface area (Å²) in [6.07, 6.45) is 26.4. The summed E-state index contributed by atoms with van der Waals surface area (Å²) in [6.45, 7) is 2.03. The predicted molar refractivity (Wildman–Crippen MR) is 111 cm³/mol. The van der Waals surface area contributed by atoms with E-state index >= 15 is 0 Å². The molecule has 5 heteroatoms. The Morgan fingerprint density at radius 1 is 0.852 bits per heavy atom. The molecule has 0 saturated heterocycles. The molecule has 1 N–H and O–H groups in total. The maximum Gasteiger partial charge on any atom is 0.303 e. The summed E-state index contributed by atoms with van der Waals surface area (Å²) in [5.41, 5.74) is 0.232. The average molecular weight is 373 g/mol. The number of hydrogen-bond acceptors (Lipinski definition) is 3. The summed E-state index contributed by atoms with van der Waals surface area (Å²) in [5.74, 6) is -0.774. The van der Waals surface area contributed by atoms with E-state index in [9.17, 15) is 14.9 Å². The first-order chi connectivity index (χ1) is 13.1. The van der Waals surface area contributed by atoms with Crippen LogP contribution in [0.1, 0.15) is 58.3 Å². The lowest BCUT2D eigenvalue weighted by atomic mass is 10.2. The zero-order valence-corrected chi connectivity index (χ0v) is 16.1. The van der Waals surface area contributed by atoms with E-state index in [4.69, 9.17) is 5.11 Å². The average Bonchev–Trinajstić information content (AvgIpc) is 2.63. The molecule has 0 heterocycles. The van der Waals surface area contributed by atoms with Gasteiger partial charge in [-0.2, -0.15) is 0 Å². The molecule has 0 aliphatic heterocycles. The smallest absolute Gasteiger partial charge is 0.303 e. The Hall–Kier alpha value is -2.69. The van der Waals surface area contributed by atoms with Crippen molar-refractivity contribution >= 4 is 5.97 Å². The first kappa shape index (κ1) is 24.3. The SMILES string of the molecule is CCC=CCC=C(CC=CCC=CCC=CCC=CCCC(=O)O)[N+](=O)[O-]. The van der Waals surface area contributed by atoms with Crippen LogP contribution in [0.25, 0.3) is 0 Å². The quantitative estimate of drug-likeness (QED) is 0.212. The minimum Gasteiger partial charge on any atom is -0.481 e. The van der Waals surface area contributed by atoms with Crippen molar-refractivity contribution in [3.05, 3.63) is 82.6 Å². The van der Waals surface area contributed by atoms with E-state index in [2.05, 4.69) is 12.2 Å². The van der Waals surface area contributed by atoms with Gasteiger partial charge in [0.15, 0.2) is 0 Å². The van der Waals surface area contributed by atoms with Crippen LogP contribution in [0.5, 0.6) is 0 Å². The number of rotatable bonds is 15. The Morgan fingerprint density at radius 2 is 1.37 bits per heavy atom. The molecule has 27 heavy (non-hydrogen) atoms. The largest absolute Gasteiger partial charge is 0.481 e. The maximum absolute atomic E-state index is 11.0. The minimum atomic E-state index is -0.774. The van der Waals surface area contributed by atoms with Crippen molar-refractivity contribution in [3.63, 3.8) is 0 Å². The molecule has 0 rings (SSSR count). The zero-order valence-electron chi connectivity index (χ0n) is 16.1. The van der Waals surface area contributed by atoms with Gasteiger partial charge in [0.25, 0.3) is 0 Å². The highest BCUT2D eigenvalue weighted by Gasteiger charge is 2.06. The van der Waals surface area contributed by atoms with E-state index in [1.807, 2.05) is 55.5 Å². The molecule has 0 unspecified atom stereocenters. The molecule has 0 atom stereocenters. The van der Waals surface area contributed by atoms with Gasteiger partial charge >= 0.3 is 5.97 Å². The van der Waals surface area contributed by atoms with Crippen molar-refractivity contribution in [1.82, 2.24) is 0 Å². The zero-order chi connectivity index (χ0) is 20.2. The van der Waals surface area contributed by atoms with Crippen molar-refractivity contribution < 1.29 is 14.8 Å². The van der Waals surface area contributed by atoms with E-state index in [1.54, 1.807) is 6.08 Å². The monoisotopic (exact) mass is 373 g/mol. The molecule has 0 aromatic heterocycles. The second-order valence-corrected chi connectivity index (χ2v) is 5.80. The second kappa shape index (κ2) is 18.1. The number of allylic oxidation sites excluding steroid dienone is 11. The Balaban J connectivity index is 3.93. The van der Waals surface area contributed by atoms with Crippen LogP contribution in [0.15, 0.2) is 72.5 Å².